The van der Waals surface area contributed by atoms with E-state index in [4.69, 9.17) is 21.1 Å². The summed E-state index contributed by atoms with van der Waals surface area (Å²) in [7, 11) is 0. The summed E-state index contributed by atoms with van der Waals surface area (Å²) in [6.45, 7) is 13.0. The maximum Gasteiger partial charge on any atom is 0.123 e. The smallest absolute Gasteiger partial charge is 0.123 e. The van der Waals surface area contributed by atoms with Gasteiger partial charge in [0.15, 0.2) is 0 Å². The van der Waals surface area contributed by atoms with Gasteiger partial charge in [-0.25, -0.2) is 4.79 Å². The molecule has 0 saturated heterocycles. The Morgan fingerprint density at radius 3 is 2.35 bits per heavy atom. The quantitative estimate of drug-likeness (QED) is 0.180. The van der Waals surface area contributed by atoms with Crippen molar-refractivity contribution >= 4 is 22.6 Å². The molecule has 0 N–H and O–H groups in total. The Morgan fingerprint density at radius 1 is 0.973 bits per heavy atom. The second kappa shape index (κ2) is 13.7. The average Bonchev–Trinajstić information content (AvgIpc) is 2.88. The Hall–Kier alpha value is -3.52. The molecule has 0 aromatic heterocycles. The van der Waals surface area contributed by atoms with E-state index in [2.05, 4.69) is 31.6 Å². The summed E-state index contributed by atoms with van der Waals surface area (Å²) < 4.78 is 12.1. The van der Waals surface area contributed by atoms with Crippen LogP contribution in [0.15, 0.2) is 90.5 Å². The van der Waals surface area contributed by atoms with E-state index in [9.17, 15) is 4.79 Å². The van der Waals surface area contributed by atoms with Gasteiger partial charge in [-0.15, -0.1) is 0 Å². The Bertz CT molecular complexity index is 1310. The monoisotopic (exact) mass is 514 g/mol. The Balaban J connectivity index is 1.61. The van der Waals surface area contributed by atoms with Crippen LogP contribution in [0.4, 0.5) is 0 Å². The minimum Gasteiger partial charge on any atom is -0.489 e. The molecule has 0 unspecified atom stereocenters. The average molecular weight is 515 g/mol. The van der Waals surface area contributed by atoms with Crippen LogP contribution in [0.25, 0.3) is 5.03 Å². The van der Waals surface area contributed by atoms with Crippen LogP contribution in [0, 0.1) is 19.8 Å². The molecule has 0 radical (unpaired) electrons. The van der Waals surface area contributed by atoms with E-state index in [0.717, 1.165) is 40.0 Å². The van der Waals surface area contributed by atoms with Crippen molar-refractivity contribution in [1.82, 2.24) is 0 Å². The highest BCUT2D eigenvalue weighted by Gasteiger charge is 2.11. The molecule has 0 heterocycles. The second-order valence-electron chi connectivity index (χ2n) is 9.51. The Labute approximate surface area is 226 Å². The summed E-state index contributed by atoms with van der Waals surface area (Å²) in [6.07, 6.45) is 3.33. The molecule has 0 fully saturated rings. The molecule has 0 aliphatic heterocycles. The van der Waals surface area contributed by atoms with Gasteiger partial charge in [0.1, 0.15) is 30.7 Å². The molecule has 4 heteroatoms. The van der Waals surface area contributed by atoms with Crippen molar-refractivity contribution in [1.29, 1.82) is 0 Å². The molecule has 0 atom stereocenters. The van der Waals surface area contributed by atoms with Crippen molar-refractivity contribution in [2.45, 2.75) is 47.1 Å². The zero-order chi connectivity index (χ0) is 26.8. The molecule has 3 aromatic carbocycles. The first-order chi connectivity index (χ1) is 17.8. The van der Waals surface area contributed by atoms with E-state index in [1.54, 1.807) is 0 Å². The highest BCUT2D eigenvalue weighted by Crippen LogP contribution is 2.26. The number of ether oxygens (including phenoxy) is 2. The van der Waals surface area contributed by atoms with E-state index in [1.807, 2.05) is 81.4 Å². The molecule has 3 nitrogen and oxygen atoms in total. The highest BCUT2D eigenvalue weighted by atomic mass is 35.5. The van der Waals surface area contributed by atoms with Crippen molar-refractivity contribution in [3.63, 3.8) is 0 Å². The van der Waals surface area contributed by atoms with Crippen molar-refractivity contribution in [3.05, 3.63) is 118 Å². The number of aryl methyl sites for hydroxylation is 2. The van der Waals surface area contributed by atoms with Crippen molar-refractivity contribution in [2.75, 3.05) is 6.61 Å². The van der Waals surface area contributed by atoms with Gasteiger partial charge in [0, 0.05) is 16.7 Å². The maximum atomic E-state index is 11.3. The Kier molecular flexibility index (Phi) is 10.4. The molecule has 0 bridgehead atoms. The topological polar surface area (TPSA) is 35.5 Å². The van der Waals surface area contributed by atoms with Crippen LogP contribution < -0.4 is 9.47 Å². The number of allylic oxidation sites excluding steroid dienone is 1. The molecule has 0 aliphatic rings. The highest BCUT2D eigenvalue weighted by molar-refractivity contribution is 6.49. The summed E-state index contributed by atoms with van der Waals surface area (Å²) in [5.41, 5.74) is 7.22. The normalized spacial score (nSPS) is 11.2. The number of benzene rings is 3. The maximum absolute atomic E-state index is 11.3. The fraction of sp³-hybridized carbons (Fsp3) is 0.273. The third-order valence-corrected chi connectivity index (χ3v) is 6.65. The summed E-state index contributed by atoms with van der Waals surface area (Å²) in [6, 6.07) is 21.8. The molecule has 37 heavy (non-hydrogen) atoms. The van der Waals surface area contributed by atoms with Crippen LogP contribution in [0.2, 0.25) is 0 Å². The van der Waals surface area contributed by atoms with E-state index >= 15 is 0 Å². The third kappa shape index (κ3) is 8.25. The fourth-order valence-electron chi connectivity index (χ4n) is 4.10. The van der Waals surface area contributed by atoms with Crippen LogP contribution in [0.5, 0.6) is 11.5 Å². The number of rotatable bonds is 12. The molecular weight excluding hydrogens is 480 g/mol. The van der Waals surface area contributed by atoms with Crippen LogP contribution in [0.1, 0.15) is 48.1 Å². The van der Waals surface area contributed by atoms with Crippen molar-refractivity contribution < 1.29 is 14.3 Å². The van der Waals surface area contributed by atoms with Gasteiger partial charge in [-0.2, -0.15) is 0 Å². The largest absolute Gasteiger partial charge is 0.489 e. The van der Waals surface area contributed by atoms with Gasteiger partial charge in [-0.3, -0.25) is 0 Å². The predicted molar refractivity (Wildman–Crippen MR) is 154 cm³/mol. The van der Waals surface area contributed by atoms with Crippen LogP contribution in [0.3, 0.4) is 0 Å². The lowest BCUT2D eigenvalue weighted by molar-refractivity contribution is 0.300. The summed E-state index contributed by atoms with van der Waals surface area (Å²) in [5.74, 6) is 3.74. The van der Waals surface area contributed by atoms with Gasteiger partial charge in [0.05, 0.1) is 0 Å². The number of halogens is 1. The van der Waals surface area contributed by atoms with Crippen LogP contribution >= 0.6 is 11.6 Å². The molecule has 0 saturated carbocycles. The molecule has 0 aliphatic carbocycles. The number of carbonyl (C=O) groups excluding carboxylic acids is 1. The van der Waals surface area contributed by atoms with E-state index in [1.165, 1.54) is 11.1 Å². The molecule has 3 aromatic rings. The van der Waals surface area contributed by atoms with Crippen LogP contribution in [-0.4, -0.2) is 12.5 Å². The lowest BCUT2D eigenvalue weighted by Gasteiger charge is -2.15. The third-order valence-electron chi connectivity index (χ3n) is 6.34. The van der Waals surface area contributed by atoms with Crippen LogP contribution in [-0.2, 0) is 17.8 Å². The van der Waals surface area contributed by atoms with Gasteiger partial charge in [-0.1, -0.05) is 80.6 Å². The lowest BCUT2D eigenvalue weighted by atomic mass is 9.93. The zero-order valence-electron chi connectivity index (χ0n) is 22.1. The zero-order valence-corrected chi connectivity index (χ0v) is 22.9. The van der Waals surface area contributed by atoms with Gasteiger partial charge in [0.2, 0.25) is 0 Å². The number of hydrogen-bond donors (Lipinski definition) is 0. The van der Waals surface area contributed by atoms with Gasteiger partial charge < -0.3 is 9.47 Å². The minimum absolute atomic E-state index is 0.203. The van der Waals surface area contributed by atoms with E-state index < -0.39 is 0 Å². The first kappa shape index (κ1) is 28.1. The van der Waals surface area contributed by atoms with Gasteiger partial charge >= 0.3 is 0 Å². The fourth-order valence-corrected chi connectivity index (χ4v) is 4.47. The minimum atomic E-state index is 0.203. The number of hydrogen-bond acceptors (Lipinski definition) is 3. The second-order valence-corrected chi connectivity index (χ2v) is 9.92. The molecule has 0 spiro atoms. The molecule has 192 valence electrons. The van der Waals surface area contributed by atoms with Crippen molar-refractivity contribution in [2.24, 2.45) is 5.92 Å². The Morgan fingerprint density at radius 2 is 1.65 bits per heavy atom. The molecule has 0 amide bonds. The van der Waals surface area contributed by atoms with Gasteiger partial charge in [0.25, 0.3) is 0 Å². The van der Waals surface area contributed by atoms with Gasteiger partial charge in [-0.05, 0) is 84.2 Å². The van der Waals surface area contributed by atoms with E-state index in [-0.39, 0.29) is 5.92 Å². The first-order valence-corrected chi connectivity index (χ1v) is 12.9. The standard InChI is InChI=1S/C33H35ClO3/c1-23(2)27(20-35)16-17-31-25(4)11-8-12-28(31)22-37-30-14-9-13-29(19-30)36-21-24(3)18-33(34)32-15-7-6-10-26(32)5/h6-15,18-19,23H,3,16-17,21-22H2,1-2,4-5H3/b33-18+. The summed E-state index contributed by atoms with van der Waals surface area (Å²) in [4.78, 5) is 11.3. The summed E-state index contributed by atoms with van der Waals surface area (Å²) >= 11 is 6.50. The molecule has 3 rings (SSSR count). The molecular formula is C33H35ClO3. The first-order valence-electron chi connectivity index (χ1n) is 12.6. The predicted octanol–water partition coefficient (Wildman–Crippen LogP) is 8.44. The summed E-state index contributed by atoms with van der Waals surface area (Å²) in [5, 5.41) is 0.641. The van der Waals surface area contributed by atoms with Crippen molar-refractivity contribution in [3.8, 4) is 11.5 Å². The SMILES string of the molecule is C=C(/C=C(/Cl)c1ccccc1C)COc1cccc(OCc2cccc(C)c2CCC(=C=O)C(C)C)c1. The lowest BCUT2D eigenvalue weighted by Crippen LogP contribution is -2.05. The van der Waals surface area contributed by atoms with E-state index in [0.29, 0.717) is 30.4 Å².